The van der Waals surface area contributed by atoms with Gasteiger partial charge in [0.25, 0.3) is 0 Å². The van der Waals surface area contributed by atoms with Gasteiger partial charge in [0, 0.05) is 18.6 Å². The minimum Gasteiger partial charge on any atom is -0.309 e. The Morgan fingerprint density at radius 3 is 2.43 bits per heavy atom. The fourth-order valence-corrected chi connectivity index (χ4v) is 3.08. The van der Waals surface area contributed by atoms with Crippen LogP contribution >= 0.6 is 0 Å². The minimum absolute atomic E-state index is 0.432. The van der Waals surface area contributed by atoms with Crippen molar-refractivity contribution >= 4 is 0 Å². The maximum Gasteiger partial charge on any atom is 0.0476 e. The van der Waals surface area contributed by atoms with E-state index < -0.39 is 0 Å². The highest BCUT2D eigenvalue weighted by Crippen LogP contribution is 2.23. The Kier molecular flexibility index (Phi) is 4.69. The quantitative estimate of drug-likeness (QED) is 0.876. The summed E-state index contributed by atoms with van der Waals surface area (Å²) in [4.78, 5) is 0. The van der Waals surface area contributed by atoms with Gasteiger partial charge in [0.15, 0.2) is 0 Å². The molecule has 2 atom stereocenters. The van der Waals surface area contributed by atoms with Crippen molar-refractivity contribution in [1.29, 1.82) is 0 Å². The average molecular weight is 280 g/mol. The first kappa shape index (κ1) is 14.3. The van der Waals surface area contributed by atoms with Gasteiger partial charge in [0.05, 0.1) is 0 Å². The molecule has 1 heterocycles. The van der Waals surface area contributed by atoms with E-state index in [-0.39, 0.29) is 0 Å². The molecule has 1 aliphatic heterocycles. The van der Waals surface area contributed by atoms with Crippen LogP contribution in [0.3, 0.4) is 0 Å². The van der Waals surface area contributed by atoms with E-state index in [2.05, 4.69) is 72.2 Å². The van der Waals surface area contributed by atoms with Gasteiger partial charge < -0.3 is 10.6 Å². The standard InChI is InChI=1S/C19H24N2/c1-2-15-8-10-16(11-9-15)14-21-18-12-13-20-19(18)17-6-4-3-5-7-17/h3-11,18-21H,2,12-14H2,1H3/t18-,19-/m1/s1. The van der Waals surface area contributed by atoms with E-state index in [1.165, 1.54) is 23.1 Å². The van der Waals surface area contributed by atoms with Crippen LogP contribution in [0.4, 0.5) is 0 Å². The van der Waals surface area contributed by atoms with Crippen molar-refractivity contribution in [1.82, 2.24) is 10.6 Å². The highest BCUT2D eigenvalue weighted by Gasteiger charge is 2.27. The Morgan fingerprint density at radius 1 is 1.00 bits per heavy atom. The number of benzene rings is 2. The normalized spacial score (nSPS) is 21.6. The summed E-state index contributed by atoms with van der Waals surface area (Å²) < 4.78 is 0. The van der Waals surface area contributed by atoms with Crippen molar-refractivity contribution in [2.45, 2.75) is 38.4 Å². The van der Waals surface area contributed by atoms with E-state index in [1.807, 2.05) is 0 Å². The van der Waals surface area contributed by atoms with E-state index in [0.29, 0.717) is 12.1 Å². The molecular weight excluding hydrogens is 256 g/mol. The molecule has 0 aliphatic carbocycles. The number of hydrogen-bond donors (Lipinski definition) is 2. The highest BCUT2D eigenvalue weighted by atomic mass is 15.1. The van der Waals surface area contributed by atoms with Gasteiger partial charge in [-0.2, -0.15) is 0 Å². The van der Waals surface area contributed by atoms with Gasteiger partial charge in [-0.3, -0.25) is 0 Å². The predicted molar refractivity (Wildman–Crippen MR) is 88.3 cm³/mol. The zero-order chi connectivity index (χ0) is 14.5. The summed E-state index contributed by atoms with van der Waals surface area (Å²) in [6.07, 6.45) is 2.29. The molecule has 2 heteroatoms. The van der Waals surface area contributed by atoms with Crippen molar-refractivity contribution < 1.29 is 0 Å². The van der Waals surface area contributed by atoms with Crippen LogP contribution in [0.2, 0.25) is 0 Å². The molecule has 2 N–H and O–H groups in total. The topological polar surface area (TPSA) is 24.1 Å². The summed E-state index contributed by atoms with van der Waals surface area (Å²) in [7, 11) is 0. The average Bonchev–Trinajstić information content (AvgIpc) is 3.03. The molecule has 1 saturated heterocycles. The maximum atomic E-state index is 3.72. The summed E-state index contributed by atoms with van der Waals surface area (Å²) >= 11 is 0. The second-order valence-electron chi connectivity index (χ2n) is 5.79. The Bertz CT molecular complexity index is 548. The van der Waals surface area contributed by atoms with Crippen molar-refractivity contribution in [3.63, 3.8) is 0 Å². The van der Waals surface area contributed by atoms with Crippen molar-refractivity contribution in [3.8, 4) is 0 Å². The van der Waals surface area contributed by atoms with Gasteiger partial charge in [-0.25, -0.2) is 0 Å². The Morgan fingerprint density at radius 2 is 1.71 bits per heavy atom. The third-order valence-electron chi connectivity index (χ3n) is 4.38. The van der Waals surface area contributed by atoms with Crippen LogP contribution in [0.25, 0.3) is 0 Å². The smallest absolute Gasteiger partial charge is 0.0476 e. The van der Waals surface area contributed by atoms with E-state index in [0.717, 1.165) is 19.5 Å². The molecule has 2 aromatic carbocycles. The van der Waals surface area contributed by atoms with Crippen LogP contribution in [0.15, 0.2) is 54.6 Å². The fraction of sp³-hybridized carbons (Fsp3) is 0.368. The van der Waals surface area contributed by atoms with E-state index in [1.54, 1.807) is 0 Å². The first-order valence-corrected chi connectivity index (χ1v) is 7.96. The van der Waals surface area contributed by atoms with Crippen LogP contribution < -0.4 is 10.6 Å². The predicted octanol–water partition coefficient (Wildman–Crippen LogP) is 3.44. The molecule has 21 heavy (non-hydrogen) atoms. The molecule has 0 radical (unpaired) electrons. The highest BCUT2D eigenvalue weighted by molar-refractivity contribution is 5.24. The number of rotatable bonds is 5. The van der Waals surface area contributed by atoms with Crippen molar-refractivity contribution in [2.24, 2.45) is 0 Å². The lowest BCUT2D eigenvalue weighted by molar-refractivity contribution is 0.461. The third kappa shape index (κ3) is 3.52. The molecule has 0 saturated carbocycles. The lowest BCUT2D eigenvalue weighted by Crippen LogP contribution is -2.33. The first-order valence-electron chi connectivity index (χ1n) is 7.96. The molecule has 0 unspecified atom stereocenters. The van der Waals surface area contributed by atoms with Crippen molar-refractivity contribution in [3.05, 3.63) is 71.3 Å². The zero-order valence-electron chi connectivity index (χ0n) is 12.7. The van der Waals surface area contributed by atoms with Gasteiger partial charge in [0.1, 0.15) is 0 Å². The summed E-state index contributed by atoms with van der Waals surface area (Å²) in [5.41, 5.74) is 4.16. The Hall–Kier alpha value is -1.64. The molecular formula is C19H24N2. The second kappa shape index (κ2) is 6.88. The van der Waals surface area contributed by atoms with Crippen LogP contribution in [0.5, 0.6) is 0 Å². The monoisotopic (exact) mass is 280 g/mol. The third-order valence-corrected chi connectivity index (χ3v) is 4.38. The van der Waals surface area contributed by atoms with Crippen LogP contribution in [-0.4, -0.2) is 12.6 Å². The molecule has 110 valence electrons. The molecule has 2 aromatic rings. The molecule has 1 fully saturated rings. The molecule has 1 aliphatic rings. The SMILES string of the molecule is CCc1ccc(CN[C@@H]2CCN[C@@H]2c2ccccc2)cc1. The van der Waals surface area contributed by atoms with E-state index in [4.69, 9.17) is 0 Å². The number of aryl methyl sites for hydroxylation is 1. The lowest BCUT2D eigenvalue weighted by Gasteiger charge is -2.21. The lowest BCUT2D eigenvalue weighted by atomic mass is 10.0. The zero-order valence-corrected chi connectivity index (χ0v) is 12.7. The summed E-state index contributed by atoms with van der Waals surface area (Å²) in [6.45, 7) is 4.23. The van der Waals surface area contributed by atoms with Gasteiger partial charge in [0.2, 0.25) is 0 Å². The van der Waals surface area contributed by atoms with Gasteiger partial charge >= 0.3 is 0 Å². The maximum absolute atomic E-state index is 3.72. The summed E-state index contributed by atoms with van der Waals surface area (Å²) in [6, 6.07) is 20.7. The summed E-state index contributed by atoms with van der Waals surface area (Å²) in [5, 5.41) is 7.34. The molecule has 0 aromatic heterocycles. The van der Waals surface area contributed by atoms with E-state index in [9.17, 15) is 0 Å². The van der Waals surface area contributed by atoms with Gasteiger partial charge in [-0.05, 0) is 36.1 Å². The molecule has 0 spiro atoms. The Labute approximate surface area is 127 Å². The second-order valence-corrected chi connectivity index (χ2v) is 5.79. The molecule has 2 nitrogen and oxygen atoms in total. The van der Waals surface area contributed by atoms with Crippen LogP contribution in [0.1, 0.15) is 36.1 Å². The van der Waals surface area contributed by atoms with E-state index >= 15 is 0 Å². The number of hydrogen-bond acceptors (Lipinski definition) is 2. The van der Waals surface area contributed by atoms with Crippen LogP contribution in [0, 0.1) is 0 Å². The van der Waals surface area contributed by atoms with Gasteiger partial charge in [-0.15, -0.1) is 0 Å². The minimum atomic E-state index is 0.432. The first-order chi connectivity index (χ1) is 10.4. The van der Waals surface area contributed by atoms with Gasteiger partial charge in [-0.1, -0.05) is 61.5 Å². The largest absolute Gasteiger partial charge is 0.309 e. The molecule has 3 rings (SSSR count). The Balaban J connectivity index is 1.61. The number of nitrogens with one attached hydrogen (secondary N) is 2. The summed E-state index contributed by atoms with van der Waals surface area (Å²) in [5.74, 6) is 0. The fourth-order valence-electron chi connectivity index (χ4n) is 3.08. The van der Waals surface area contributed by atoms with Crippen molar-refractivity contribution in [2.75, 3.05) is 6.54 Å². The molecule has 0 bridgehead atoms. The molecule has 0 amide bonds. The van der Waals surface area contributed by atoms with Crippen LogP contribution in [-0.2, 0) is 13.0 Å².